The monoisotopic (exact) mass is 384 g/mol. The van der Waals surface area contributed by atoms with Gasteiger partial charge in [0, 0.05) is 34.2 Å². The Labute approximate surface area is 162 Å². The maximum absolute atomic E-state index is 12.1. The smallest absolute Gasteiger partial charge is 0.306 e. The minimum Gasteiger partial charge on any atom is -0.453 e. The molecule has 0 radical (unpaired) electrons. The maximum atomic E-state index is 12.1. The van der Waals surface area contributed by atoms with E-state index in [4.69, 9.17) is 16.3 Å². The number of para-hydroxylation sites is 1. The SMILES string of the molecule is C[C@@H](OC(=O)CCCc1c[nH]c2ccccc12)C(=O)Nc1ccc(Cl)cc1. The van der Waals surface area contributed by atoms with Gasteiger partial charge in [-0.05, 0) is 55.7 Å². The van der Waals surface area contributed by atoms with E-state index in [0.29, 0.717) is 17.1 Å². The minimum atomic E-state index is -0.860. The van der Waals surface area contributed by atoms with Crippen LogP contribution in [-0.4, -0.2) is 23.0 Å². The number of rotatable bonds is 7. The molecule has 3 aromatic rings. The summed E-state index contributed by atoms with van der Waals surface area (Å²) in [6, 6.07) is 14.8. The van der Waals surface area contributed by atoms with Crippen LogP contribution >= 0.6 is 11.6 Å². The molecule has 0 aliphatic heterocycles. The van der Waals surface area contributed by atoms with E-state index in [9.17, 15) is 9.59 Å². The number of carbonyl (C=O) groups excluding carboxylic acids is 2. The molecule has 0 saturated carbocycles. The van der Waals surface area contributed by atoms with Crippen molar-refractivity contribution < 1.29 is 14.3 Å². The number of esters is 1. The quantitative estimate of drug-likeness (QED) is 0.579. The van der Waals surface area contributed by atoms with Crippen LogP contribution in [0.25, 0.3) is 10.9 Å². The number of halogens is 1. The first-order chi connectivity index (χ1) is 13.0. The lowest BCUT2D eigenvalue weighted by molar-refractivity contribution is -0.153. The second kappa shape index (κ2) is 8.73. The van der Waals surface area contributed by atoms with E-state index in [2.05, 4.69) is 16.4 Å². The molecule has 5 nitrogen and oxygen atoms in total. The summed E-state index contributed by atoms with van der Waals surface area (Å²) in [5.41, 5.74) is 2.86. The fourth-order valence-corrected chi connectivity index (χ4v) is 2.97. The molecule has 0 aliphatic rings. The number of hydrogen-bond donors (Lipinski definition) is 2. The predicted molar refractivity (Wildman–Crippen MR) is 107 cm³/mol. The van der Waals surface area contributed by atoms with Gasteiger partial charge in [-0.2, -0.15) is 0 Å². The topological polar surface area (TPSA) is 71.2 Å². The minimum absolute atomic E-state index is 0.262. The van der Waals surface area contributed by atoms with E-state index in [1.807, 2.05) is 24.4 Å². The van der Waals surface area contributed by atoms with E-state index in [-0.39, 0.29) is 18.3 Å². The first kappa shape index (κ1) is 19.0. The number of ether oxygens (including phenoxy) is 1. The van der Waals surface area contributed by atoms with E-state index in [1.165, 1.54) is 10.9 Å². The molecular formula is C21H21ClN2O3. The van der Waals surface area contributed by atoms with E-state index >= 15 is 0 Å². The Morgan fingerprint density at radius 2 is 1.89 bits per heavy atom. The number of fused-ring (bicyclic) bond motifs is 1. The third-order valence-corrected chi connectivity index (χ3v) is 4.54. The highest BCUT2D eigenvalue weighted by Gasteiger charge is 2.18. The van der Waals surface area contributed by atoms with Crippen LogP contribution in [0.4, 0.5) is 5.69 Å². The van der Waals surface area contributed by atoms with Crippen molar-refractivity contribution in [3.05, 3.63) is 65.3 Å². The van der Waals surface area contributed by atoms with E-state index < -0.39 is 6.10 Å². The molecule has 1 heterocycles. The van der Waals surface area contributed by atoms with Crippen LogP contribution in [0.5, 0.6) is 0 Å². The highest BCUT2D eigenvalue weighted by molar-refractivity contribution is 6.30. The predicted octanol–water partition coefficient (Wildman–Crippen LogP) is 4.71. The largest absolute Gasteiger partial charge is 0.453 e. The second-order valence-electron chi connectivity index (χ2n) is 6.34. The van der Waals surface area contributed by atoms with Gasteiger partial charge in [-0.3, -0.25) is 9.59 Å². The van der Waals surface area contributed by atoms with Crippen LogP contribution < -0.4 is 5.32 Å². The van der Waals surface area contributed by atoms with Gasteiger partial charge in [0.1, 0.15) is 0 Å². The fraction of sp³-hybridized carbons (Fsp3) is 0.238. The van der Waals surface area contributed by atoms with Crippen molar-refractivity contribution in [3.8, 4) is 0 Å². The van der Waals surface area contributed by atoms with Gasteiger partial charge in [0.2, 0.25) is 0 Å². The normalized spacial score (nSPS) is 11.9. The Hall–Kier alpha value is -2.79. The van der Waals surface area contributed by atoms with Gasteiger partial charge in [-0.25, -0.2) is 0 Å². The van der Waals surface area contributed by atoms with Crippen molar-refractivity contribution in [1.29, 1.82) is 0 Å². The lowest BCUT2D eigenvalue weighted by atomic mass is 10.1. The average Bonchev–Trinajstić information content (AvgIpc) is 3.07. The van der Waals surface area contributed by atoms with Crippen LogP contribution in [-0.2, 0) is 20.7 Å². The molecule has 6 heteroatoms. The number of nitrogens with one attached hydrogen (secondary N) is 2. The summed E-state index contributed by atoms with van der Waals surface area (Å²) in [5.74, 6) is -0.754. The summed E-state index contributed by atoms with van der Waals surface area (Å²) < 4.78 is 5.23. The first-order valence-electron chi connectivity index (χ1n) is 8.84. The fourth-order valence-electron chi connectivity index (χ4n) is 2.85. The number of aromatic nitrogens is 1. The maximum Gasteiger partial charge on any atom is 0.306 e. The lowest BCUT2D eigenvalue weighted by Gasteiger charge is -2.13. The van der Waals surface area contributed by atoms with Crippen LogP contribution in [0.15, 0.2) is 54.7 Å². The van der Waals surface area contributed by atoms with Gasteiger partial charge in [0.05, 0.1) is 0 Å². The highest BCUT2D eigenvalue weighted by atomic mass is 35.5. The molecule has 1 amide bonds. The number of aromatic amines is 1. The van der Waals surface area contributed by atoms with Gasteiger partial charge in [-0.1, -0.05) is 29.8 Å². The second-order valence-corrected chi connectivity index (χ2v) is 6.78. The van der Waals surface area contributed by atoms with Crippen molar-refractivity contribution in [1.82, 2.24) is 4.98 Å². The Morgan fingerprint density at radius 1 is 1.15 bits per heavy atom. The van der Waals surface area contributed by atoms with Gasteiger partial charge in [0.15, 0.2) is 6.10 Å². The summed E-state index contributed by atoms with van der Waals surface area (Å²) in [7, 11) is 0. The molecule has 3 rings (SSSR count). The molecule has 0 spiro atoms. The van der Waals surface area contributed by atoms with Crippen molar-refractivity contribution in [3.63, 3.8) is 0 Å². The van der Waals surface area contributed by atoms with Gasteiger partial charge >= 0.3 is 5.97 Å². The molecule has 0 unspecified atom stereocenters. The highest BCUT2D eigenvalue weighted by Crippen LogP contribution is 2.19. The molecule has 140 valence electrons. The summed E-state index contributed by atoms with van der Waals surface area (Å²) >= 11 is 5.81. The van der Waals surface area contributed by atoms with Crippen molar-refractivity contribution in [2.24, 2.45) is 0 Å². The van der Waals surface area contributed by atoms with Crippen molar-refractivity contribution >= 4 is 40.1 Å². The lowest BCUT2D eigenvalue weighted by Crippen LogP contribution is -2.29. The van der Waals surface area contributed by atoms with Crippen LogP contribution in [0, 0.1) is 0 Å². The van der Waals surface area contributed by atoms with Crippen molar-refractivity contribution in [2.45, 2.75) is 32.3 Å². The average molecular weight is 385 g/mol. The summed E-state index contributed by atoms with van der Waals surface area (Å²) in [6.45, 7) is 1.56. The number of aryl methyl sites for hydroxylation is 1. The van der Waals surface area contributed by atoms with Crippen LogP contribution in [0.1, 0.15) is 25.3 Å². The first-order valence-corrected chi connectivity index (χ1v) is 9.21. The van der Waals surface area contributed by atoms with Crippen LogP contribution in [0.3, 0.4) is 0 Å². The third kappa shape index (κ3) is 5.11. The third-order valence-electron chi connectivity index (χ3n) is 4.29. The van der Waals surface area contributed by atoms with Crippen molar-refractivity contribution in [2.75, 3.05) is 5.32 Å². The molecule has 0 bridgehead atoms. The molecule has 2 aromatic carbocycles. The number of H-pyrrole nitrogens is 1. The zero-order valence-corrected chi connectivity index (χ0v) is 15.8. The van der Waals surface area contributed by atoms with Gasteiger partial charge in [-0.15, -0.1) is 0 Å². The molecule has 27 heavy (non-hydrogen) atoms. The van der Waals surface area contributed by atoms with E-state index in [1.54, 1.807) is 31.2 Å². The summed E-state index contributed by atoms with van der Waals surface area (Å²) in [5, 5.41) is 4.45. The summed E-state index contributed by atoms with van der Waals surface area (Å²) in [6.07, 6.45) is 2.80. The molecule has 0 aliphatic carbocycles. The number of anilines is 1. The molecule has 0 fully saturated rings. The Bertz CT molecular complexity index is 934. The van der Waals surface area contributed by atoms with Gasteiger partial charge < -0.3 is 15.0 Å². The standard InChI is InChI=1S/C21H21ClN2O3/c1-14(21(26)24-17-11-9-16(22)10-12-17)27-20(25)8-4-5-15-13-23-19-7-3-2-6-18(15)19/h2-3,6-7,9-14,23H,4-5,8H2,1H3,(H,24,26)/t14-/m1/s1. The Morgan fingerprint density at radius 3 is 2.67 bits per heavy atom. The van der Waals surface area contributed by atoms with Crippen LogP contribution in [0.2, 0.25) is 5.02 Å². The summed E-state index contributed by atoms with van der Waals surface area (Å²) in [4.78, 5) is 27.4. The molecule has 0 saturated heterocycles. The zero-order valence-electron chi connectivity index (χ0n) is 15.0. The molecule has 2 N–H and O–H groups in total. The molecule has 1 aromatic heterocycles. The number of hydrogen-bond acceptors (Lipinski definition) is 3. The molecular weight excluding hydrogens is 364 g/mol. The Kier molecular flexibility index (Phi) is 6.14. The number of benzene rings is 2. The molecule has 1 atom stereocenters. The van der Waals surface area contributed by atoms with E-state index in [0.717, 1.165) is 11.9 Å². The zero-order chi connectivity index (χ0) is 19.2. The van der Waals surface area contributed by atoms with Gasteiger partial charge in [0.25, 0.3) is 5.91 Å². The Balaban J connectivity index is 1.44. The number of amides is 1. The number of carbonyl (C=O) groups is 2.